The zero-order valence-electron chi connectivity index (χ0n) is 12.3. The van der Waals surface area contributed by atoms with Crippen molar-refractivity contribution in [2.45, 2.75) is 18.9 Å². The zero-order chi connectivity index (χ0) is 14.7. The highest BCUT2D eigenvalue weighted by Gasteiger charge is 2.20. The number of anilines is 1. The topological polar surface area (TPSA) is 47.5 Å². The van der Waals surface area contributed by atoms with Gasteiger partial charge in [-0.05, 0) is 24.6 Å². The Hall–Kier alpha value is -2.30. The van der Waals surface area contributed by atoms with E-state index in [9.17, 15) is 0 Å². The fraction of sp³-hybridized carbons (Fsp3) is 0.375. The molecule has 1 aliphatic rings. The van der Waals surface area contributed by atoms with Crippen LogP contribution in [0.25, 0.3) is 0 Å². The fourth-order valence-electron chi connectivity index (χ4n) is 2.25. The highest BCUT2D eigenvalue weighted by atomic mass is 16.6. The summed E-state index contributed by atoms with van der Waals surface area (Å²) in [6, 6.07) is 9.66. The summed E-state index contributed by atoms with van der Waals surface area (Å²) in [5.74, 6) is 3.39. The maximum Gasteiger partial charge on any atom is 0.161 e. The minimum absolute atomic E-state index is 0.0477. The molecule has 0 N–H and O–H groups in total. The van der Waals surface area contributed by atoms with E-state index in [4.69, 9.17) is 9.47 Å². The van der Waals surface area contributed by atoms with Crippen LogP contribution in [0.5, 0.6) is 11.5 Å². The Bertz CT molecular complexity index is 616. The van der Waals surface area contributed by atoms with Gasteiger partial charge in [-0.2, -0.15) is 0 Å². The number of aromatic nitrogens is 2. The van der Waals surface area contributed by atoms with Gasteiger partial charge in [-0.25, -0.2) is 9.97 Å². The first-order valence-electron chi connectivity index (χ1n) is 7.10. The second-order valence-corrected chi connectivity index (χ2v) is 5.26. The number of fused-ring (bicyclic) bond motifs is 1. The summed E-state index contributed by atoms with van der Waals surface area (Å²) < 4.78 is 11.7. The summed E-state index contributed by atoms with van der Waals surface area (Å²) in [5, 5.41) is 0. The molecule has 21 heavy (non-hydrogen) atoms. The largest absolute Gasteiger partial charge is 0.486 e. The molecule has 0 aliphatic carbocycles. The number of aryl methyl sites for hydroxylation is 1. The predicted octanol–water partition coefficient (Wildman–Crippen LogP) is 2.32. The number of hydrogen-bond donors (Lipinski definition) is 0. The molecule has 0 fully saturated rings. The van der Waals surface area contributed by atoms with Gasteiger partial charge >= 0.3 is 0 Å². The molecule has 5 heteroatoms. The van der Waals surface area contributed by atoms with Crippen molar-refractivity contribution < 1.29 is 9.47 Å². The smallest absolute Gasteiger partial charge is 0.161 e. The maximum absolute atomic E-state index is 5.94. The SMILES string of the molecule is CN(C)c1ccnc(CC[C@@H]2COc3ccccc3O2)n1. The van der Waals surface area contributed by atoms with Crippen LogP contribution in [0.15, 0.2) is 36.5 Å². The zero-order valence-corrected chi connectivity index (χ0v) is 12.3. The third-order valence-corrected chi connectivity index (χ3v) is 3.41. The van der Waals surface area contributed by atoms with Crippen molar-refractivity contribution in [3.63, 3.8) is 0 Å². The summed E-state index contributed by atoms with van der Waals surface area (Å²) in [4.78, 5) is 10.8. The molecule has 0 amide bonds. The molecule has 0 unspecified atom stereocenters. The predicted molar refractivity (Wildman–Crippen MR) is 81.0 cm³/mol. The van der Waals surface area contributed by atoms with E-state index in [1.807, 2.05) is 49.3 Å². The standard InChI is InChI=1S/C16H19N3O2/c1-19(2)16-9-10-17-15(18-16)8-7-12-11-20-13-5-3-4-6-14(13)21-12/h3-6,9-10,12H,7-8,11H2,1-2H3/t12-/m1/s1. The van der Waals surface area contributed by atoms with Crippen LogP contribution in [0, 0.1) is 0 Å². The van der Waals surface area contributed by atoms with Gasteiger partial charge in [0.05, 0.1) is 0 Å². The molecule has 5 nitrogen and oxygen atoms in total. The summed E-state index contributed by atoms with van der Waals surface area (Å²) in [5.41, 5.74) is 0. The highest BCUT2D eigenvalue weighted by Crippen LogP contribution is 2.31. The van der Waals surface area contributed by atoms with Crippen LogP contribution in [0.1, 0.15) is 12.2 Å². The molecule has 1 aromatic carbocycles. The van der Waals surface area contributed by atoms with Gasteiger partial charge in [0.15, 0.2) is 11.5 Å². The van der Waals surface area contributed by atoms with E-state index in [2.05, 4.69) is 9.97 Å². The Morgan fingerprint density at radius 1 is 1.19 bits per heavy atom. The second-order valence-electron chi connectivity index (χ2n) is 5.26. The summed E-state index contributed by atoms with van der Waals surface area (Å²) in [6.45, 7) is 0.574. The van der Waals surface area contributed by atoms with Crippen molar-refractivity contribution in [1.82, 2.24) is 9.97 Å². The molecule has 1 aromatic heterocycles. The van der Waals surface area contributed by atoms with Gasteiger partial charge in [0.1, 0.15) is 24.4 Å². The third kappa shape index (κ3) is 3.24. The molecule has 2 heterocycles. The van der Waals surface area contributed by atoms with Gasteiger partial charge in [-0.1, -0.05) is 12.1 Å². The van der Waals surface area contributed by atoms with Crippen molar-refractivity contribution in [1.29, 1.82) is 0 Å². The van der Waals surface area contributed by atoms with Crippen molar-refractivity contribution in [2.75, 3.05) is 25.6 Å². The van der Waals surface area contributed by atoms with Crippen LogP contribution in [0.3, 0.4) is 0 Å². The van der Waals surface area contributed by atoms with Gasteiger partial charge in [0.2, 0.25) is 0 Å². The van der Waals surface area contributed by atoms with Crippen LogP contribution in [0.2, 0.25) is 0 Å². The second kappa shape index (κ2) is 5.99. The molecule has 1 atom stereocenters. The van der Waals surface area contributed by atoms with E-state index in [-0.39, 0.29) is 6.10 Å². The van der Waals surface area contributed by atoms with Crippen LogP contribution >= 0.6 is 0 Å². The number of ether oxygens (including phenoxy) is 2. The lowest BCUT2D eigenvalue weighted by atomic mass is 10.1. The normalized spacial score (nSPS) is 16.6. The van der Waals surface area contributed by atoms with Crippen molar-refractivity contribution in [3.05, 3.63) is 42.4 Å². The molecular weight excluding hydrogens is 266 g/mol. The van der Waals surface area contributed by atoms with Crippen LogP contribution < -0.4 is 14.4 Å². The van der Waals surface area contributed by atoms with Crippen molar-refractivity contribution in [2.24, 2.45) is 0 Å². The minimum Gasteiger partial charge on any atom is -0.486 e. The van der Waals surface area contributed by atoms with Gasteiger partial charge in [0, 0.05) is 26.7 Å². The molecule has 0 radical (unpaired) electrons. The number of nitrogens with zero attached hydrogens (tertiary/aromatic N) is 3. The van der Waals surface area contributed by atoms with Gasteiger partial charge < -0.3 is 14.4 Å². The Balaban J connectivity index is 1.60. The lowest BCUT2D eigenvalue weighted by Crippen LogP contribution is -2.29. The molecule has 0 saturated carbocycles. The molecule has 2 aromatic rings. The monoisotopic (exact) mass is 285 g/mol. The first-order chi connectivity index (χ1) is 10.2. The van der Waals surface area contributed by atoms with E-state index in [0.717, 1.165) is 36.0 Å². The first-order valence-corrected chi connectivity index (χ1v) is 7.10. The van der Waals surface area contributed by atoms with Gasteiger partial charge in [0.25, 0.3) is 0 Å². The summed E-state index contributed by atoms with van der Waals surface area (Å²) >= 11 is 0. The quantitative estimate of drug-likeness (QED) is 0.862. The Kier molecular flexibility index (Phi) is 3.90. The molecule has 0 bridgehead atoms. The minimum atomic E-state index is 0.0477. The third-order valence-electron chi connectivity index (χ3n) is 3.41. The van der Waals surface area contributed by atoms with Crippen molar-refractivity contribution in [3.8, 4) is 11.5 Å². The summed E-state index contributed by atoms with van der Waals surface area (Å²) in [7, 11) is 3.95. The Labute approximate surface area is 124 Å². The number of rotatable bonds is 4. The van der Waals surface area contributed by atoms with Crippen LogP contribution in [0.4, 0.5) is 5.82 Å². The van der Waals surface area contributed by atoms with Crippen LogP contribution in [-0.4, -0.2) is 36.8 Å². The number of hydrogen-bond acceptors (Lipinski definition) is 5. The van der Waals surface area contributed by atoms with Crippen molar-refractivity contribution >= 4 is 5.82 Å². The Morgan fingerprint density at radius 2 is 2.00 bits per heavy atom. The molecular formula is C16H19N3O2. The highest BCUT2D eigenvalue weighted by molar-refractivity contribution is 5.40. The summed E-state index contributed by atoms with van der Waals surface area (Å²) in [6.07, 6.45) is 3.46. The fourth-order valence-corrected chi connectivity index (χ4v) is 2.25. The molecule has 3 rings (SSSR count). The van der Waals surface area contributed by atoms with E-state index >= 15 is 0 Å². The van der Waals surface area contributed by atoms with Gasteiger partial charge in [-0.15, -0.1) is 0 Å². The average molecular weight is 285 g/mol. The molecule has 0 spiro atoms. The lowest BCUT2D eigenvalue weighted by molar-refractivity contribution is 0.0847. The lowest BCUT2D eigenvalue weighted by Gasteiger charge is -2.26. The Morgan fingerprint density at radius 3 is 2.81 bits per heavy atom. The average Bonchev–Trinajstić information content (AvgIpc) is 2.53. The van der Waals surface area contributed by atoms with E-state index < -0.39 is 0 Å². The van der Waals surface area contributed by atoms with E-state index in [1.165, 1.54) is 0 Å². The van der Waals surface area contributed by atoms with Gasteiger partial charge in [-0.3, -0.25) is 0 Å². The maximum atomic E-state index is 5.94. The molecule has 1 aliphatic heterocycles. The van der Waals surface area contributed by atoms with E-state index in [1.54, 1.807) is 6.20 Å². The molecule has 110 valence electrons. The van der Waals surface area contributed by atoms with Crippen LogP contribution in [-0.2, 0) is 6.42 Å². The first kappa shape index (κ1) is 13.7. The number of benzene rings is 1. The number of para-hydroxylation sites is 2. The molecule has 0 saturated heterocycles. The van der Waals surface area contributed by atoms with E-state index in [0.29, 0.717) is 6.61 Å².